The van der Waals surface area contributed by atoms with Crippen molar-refractivity contribution in [2.75, 3.05) is 6.79 Å². The standard InChI is InChI=1S/C28H19BrN2O4/c29-22-10-17(8-9-23(22)32-14-18-6-3-5-16-4-1-2-7-19(16)18)27-20-11-25-26(34-15-33-25)12-24(20)35-28(31)21(27)13-30/h1-12,27H,14-15,31H2/t27-/m1/s1. The molecule has 0 spiro atoms. The molecule has 0 amide bonds. The van der Waals surface area contributed by atoms with E-state index in [1.807, 2.05) is 42.5 Å². The van der Waals surface area contributed by atoms with E-state index < -0.39 is 5.92 Å². The monoisotopic (exact) mass is 526 g/mol. The van der Waals surface area contributed by atoms with E-state index in [1.54, 1.807) is 6.07 Å². The predicted octanol–water partition coefficient (Wildman–Crippen LogP) is 6.13. The van der Waals surface area contributed by atoms with Gasteiger partial charge in [0.1, 0.15) is 29.7 Å². The molecule has 7 heteroatoms. The molecular formula is C28H19BrN2O4. The molecular weight excluding hydrogens is 508 g/mol. The van der Waals surface area contributed by atoms with E-state index in [2.05, 4.69) is 46.3 Å². The van der Waals surface area contributed by atoms with E-state index in [0.717, 1.165) is 21.2 Å². The molecule has 172 valence electrons. The number of fused-ring (bicyclic) bond motifs is 3. The van der Waals surface area contributed by atoms with Crippen LogP contribution in [-0.2, 0) is 6.61 Å². The number of nitrogens with zero attached hydrogens (tertiary/aromatic N) is 1. The summed E-state index contributed by atoms with van der Waals surface area (Å²) in [6, 6.07) is 26.1. The largest absolute Gasteiger partial charge is 0.488 e. The Morgan fingerprint density at radius 1 is 0.971 bits per heavy atom. The van der Waals surface area contributed by atoms with Gasteiger partial charge in [0.25, 0.3) is 0 Å². The maximum Gasteiger partial charge on any atom is 0.231 e. The molecule has 0 aromatic heterocycles. The summed E-state index contributed by atoms with van der Waals surface area (Å²) in [5.41, 5.74) is 9.24. The van der Waals surface area contributed by atoms with Crippen molar-refractivity contribution in [3.8, 4) is 29.1 Å². The number of halogens is 1. The Morgan fingerprint density at radius 2 is 1.77 bits per heavy atom. The third kappa shape index (κ3) is 3.72. The molecule has 4 aromatic carbocycles. The minimum Gasteiger partial charge on any atom is -0.488 e. The Hall–Kier alpha value is -4.15. The molecule has 35 heavy (non-hydrogen) atoms. The summed E-state index contributed by atoms with van der Waals surface area (Å²) in [5, 5.41) is 12.2. The fourth-order valence-corrected chi connectivity index (χ4v) is 5.09. The number of rotatable bonds is 4. The van der Waals surface area contributed by atoms with E-state index in [1.165, 1.54) is 10.8 Å². The van der Waals surface area contributed by atoms with Crippen LogP contribution in [0.3, 0.4) is 0 Å². The SMILES string of the molecule is N#CC1=C(N)Oc2cc3c(cc2[C@H]1c1ccc(OCc2cccc4ccccc24)c(Br)c1)OCO3. The van der Waals surface area contributed by atoms with E-state index in [0.29, 0.717) is 35.2 Å². The maximum absolute atomic E-state index is 9.87. The number of allylic oxidation sites excluding steroid dienone is 1. The smallest absolute Gasteiger partial charge is 0.231 e. The minimum absolute atomic E-state index is 0.0799. The van der Waals surface area contributed by atoms with Crippen LogP contribution >= 0.6 is 15.9 Å². The molecule has 2 heterocycles. The van der Waals surface area contributed by atoms with Crippen molar-refractivity contribution in [3.05, 3.63) is 105 Å². The highest BCUT2D eigenvalue weighted by Gasteiger charge is 2.33. The molecule has 0 unspecified atom stereocenters. The summed E-state index contributed by atoms with van der Waals surface area (Å²) in [6.07, 6.45) is 0. The lowest BCUT2D eigenvalue weighted by molar-refractivity contribution is 0.174. The molecule has 1 atom stereocenters. The Kier molecular flexibility index (Phi) is 5.24. The molecule has 0 aliphatic carbocycles. The van der Waals surface area contributed by atoms with Crippen LogP contribution in [0.15, 0.2) is 88.7 Å². The van der Waals surface area contributed by atoms with Crippen LogP contribution in [0.4, 0.5) is 0 Å². The first-order chi connectivity index (χ1) is 17.1. The van der Waals surface area contributed by atoms with Crippen LogP contribution in [0.2, 0.25) is 0 Å². The lowest BCUT2D eigenvalue weighted by atomic mass is 9.83. The van der Waals surface area contributed by atoms with Gasteiger partial charge in [-0.25, -0.2) is 0 Å². The number of nitriles is 1. The van der Waals surface area contributed by atoms with Gasteiger partial charge in [0.15, 0.2) is 11.5 Å². The van der Waals surface area contributed by atoms with Crippen molar-refractivity contribution in [1.29, 1.82) is 5.26 Å². The first-order valence-electron chi connectivity index (χ1n) is 11.0. The second-order valence-corrected chi connectivity index (χ2v) is 9.14. The fraction of sp³-hybridized carbons (Fsp3) is 0.107. The second-order valence-electron chi connectivity index (χ2n) is 8.28. The molecule has 2 aliphatic rings. The summed E-state index contributed by atoms with van der Waals surface area (Å²) in [6.45, 7) is 0.574. The Morgan fingerprint density at radius 3 is 2.60 bits per heavy atom. The van der Waals surface area contributed by atoms with Gasteiger partial charge < -0.3 is 24.7 Å². The van der Waals surface area contributed by atoms with Gasteiger partial charge in [-0.05, 0) is 56.0 Å². The average molecular weight is 527 g/mol. The number of nitrogens with two attached hydrogens (primary N) is 1. The quantitative estimate of drug-likeness (QED) is 0.344. The molecule has 4 aromatic rings. The molecule has 6 rings (SSSR count). The van der Waals surface area contributed by atoms with Gasteiger partial charge in [0.2, 0.25) is 12.7 Å². The number of ether oxygens (including phenoxy) is 4. The third-order valence-corrected chi connectivity index (χ3v) is 6.88. The fourth-order valence-electron chi connectivity index (χ4n) is 4.58. The molecule has 2 N–H and O–H groups in total. The van der Waals surface area contributed by atoms with Gasteiger partial charge in [-0.15, -0.1) is 0 Å². The average Bonchev–Trinajstić information content (AvgIpc) is 3.33. The predicted molar refractivity (Wildman–Crippen MR) is 134 cm³/mol. The molecule has 6 nitrogen and oxygen atoms in total. The number of hydrogen-bond acceptors (Lipinski definition) is 6. The van der Waals surface area contributed by atoms with Crippen LogP contribution in [-0.4, -0.2) is 6.79 Å². The van der Waals surface area contributed by atoms with Crippen LogP contribution in [0.5, 0.6) is 23.0 Å². The molecule has 0 saturated carbocycles. The summed E-state index contributed by atoms with van der Waals surface area (Å²) < 4.78 is 23.7. The molecule has 2 aliphatic heterocycles. The maximum atomic E-state index is 9.87. The zero-order valence-corrected chi connectivity index (χ0v) is 20.0. The van der Waals surface area contributed by atoms with Gasteiger partial charge in [-0.3, -0.25) is 0 Å². The lowest BCUT2D eigenvalue weighted by Gasteiger charge is -2.27. The highest BCUT2D eigenvalue weighted by molar-refractivity contribution is 9.10. The molecule has 0 radical (unpaired) electrons. The van der Waals surface area contributed by atoms with Crippen molar-refractivity contribution in [1.82, 2.24) is 0 Å². The minimum atomic E-state index is -0.415. The Bertz CT molecular complexity index is 1550. The van der Waals surface area contributed by atoms with E-state index in [-0.39, 0.29) is 12.7 Å². The van der Waals surface area contributed by atoms with E-state index in [4.69, 9.17) is 24.7 Å². The zero-order valence-electron chi connectivity index (χ0n) is 18.5. The van der Waals surface area contributed by atoms with E-state index >= 15 is 0 Å². The zero-order chi connectivity index (χ0) is 23.9. The second kappa shape index (κ2) is 8.57. The van der Waals surface area contributed by atoms with E-state index in [9.17, 15) is 5.26 Å². The van der Waals surface area contributed by atoms with Gasteiger partial charge in [-0.2, -0.15) is 5.26 Å². The van der Waals surface area contributed by atoms with Crippen molar-refractivity contribution in [3.63, 3.8) is 0 Å². The van der Waals surface area contributed by atoms with Crippen molar-refractivity contribution in [2.24, 2.45) is 5.73 Å². The lowest BCUT2D eigenvalue weighted by Crippen LogP contribution is -2.21. The normalized spacial score (nSPS) is 15.9. The van der Waals surface area contributed by atoms with Crippen molar-refractivity contribution >= 4 is 26.7 Å². The van der Waals surface area contributed by atoms with Crippen LogP contribution in [0, 0.1) is 11.3 Å². The number of benzene rings is 4. The Balaban J connectivity index is 1.33. The van der Waals surface area contributed by atoms with Crippen molar-refractivity contribution in [2.45, 2.75) is 12.5 Å². The first kappa shape index (κ1) is 21.4. The molecule has 0 bridgehead atoms. The summed E-state index contributed by atoms with van der Waals surface area (Å²) >= 11 is 3.65. The Labute approximate surface area is 210 Å². The number of hydrogen-bond donors (Lipinski definition) is 1. The molecule has 0 saturated heterocycles. The summed E-state index contributed by atoms with van der Waals surface area (Å²) in [7, 11) is 0. The summed E-state index contributed by atoms with van der Waals surface area (Å²) in [4.78, 5) is 0. The van der Waals surface area contributed by atoms with Crippen molar-refractivity contribution < 1.29 is 18.9 Å². The van der Waals surface area contributed by atoms with Gasteiger partial charge in [0, 0.05) is 11.6 Å². The highest BCUT2D eigenvalue weighted by atomic mass is 79.9. The van der Waals surface area contributed by atoms with Gasteiger partial charge in [-0.1, -0.05) is 48.5 Å². The van der Waals surface area contributed by atoms with Gasteiger partial charge in [0.05, 0.1) is 10.4 Å². The first-order valence-corrected chi connectivity index (χ1v) is 11.8. The van der Waals surface area contributed by atoms with Gasteiger partial charge >= 0.3 is 0 Å². The molecule has 0 fully saturated rings. The topological polar surface area (TPSA) is 86.7 Å². The highest BCUT2D eigenvalue weighted by Crippen LogP contribution is 2.48. The van der Waals surface area contributed by atoms with Crippen LogP contribution < -0.4 is 24.7 Å². The summed E-state index contributed by atoms with van der Waals surface area (Å²) in [5.74, 6) is 2.12. The van der Waals surface area contributed by atoms with Crippen LogP contribution in [0.25, 0.3) is 10.8 Å². The third-order valence-electron chi connectivity index (χ3n) is 6.26. The van der Waals surface area contributed by atoms with Crippen LogP contribution in [0.1, 0.15) is 22.6 Å².